The van der Waals surface area contributed by atoms with Crippen molar-refractivity contribution in [3.8, 4) is 0 Å². The molecule has 0 aromatic heterocycles. The van der Waals surface area contributed by atoms with Gasteiger partial charge in [0.2, 0.25) is 0 Å². The van der Waals surface area contributed by atoms with Crippen molar-refractivity contribution in [3.05, 3.63) is 12.0 Å². The smallest absolute Gasteiger partial charge is 0.305 e. The number of esters is 1. The van der Waals surface area contributed by atoms with Crippen LogP contribution < -0.4 is 0 Å². The minimum absolute atomic E-state index is 0. The molecule has 0 rings (SSSR count). The van der Waals surface area contributed by atoms with Crippen LogP contribution in [0.3, 0.4) is 0 Å². The van der Waals surface area contributed by atoms with Gasteiger partial charge in [0.15, 0.2) is 0 Å². The van der Waals surface area contributed by atoms with Gasteiger partial charge in [0.1, 0.15) is 6.61 Å². The number of amides is 1. The number of nitrogens with one attached hydrogen (secondary N) is 1. The molecular weight excluding hydrogens is 323 g/mol. The van der Waals surface area contributed by atoms with Gasteiger partial charge in [-0.15, -0.1) is 10.8 Å². The summed E-state index contributed by atoms with van der Waals surface area (Å²) in [7, 11) is 3.03. The zero-order valence-corrected chi connectivity index (χ0v) is 14.1. The van der Waals surface area contributed by atoms with Crippen molar-refractivity contribution in [2.45, 2.75) is 26.7 Å². The molecule has 0 aliphatic carbocycles. The van der Waals surface area contributed by atoms with Crippen LogP contribution in [0.15, 0.2) is 0 Å². The van der Waals surface area contributed by atoms with E-state index in [1.165, 1.54) is 10.8 Å². The van der Waals surface area contributed by atoms with Crippen LogP contribution in [0.4, 0.5) is 0 Å². The molecule has 0 aliphatic heterocycles. The van der Waals surface area contributed by atoms with Crippen molar-refractivity contribution in [3.63, 3.8) is 0 Å². The van der Waals surface area contributed by atoms with Crippen molar-refractivity contribution in [1.29, 1.82) is 0 Å². The molecule has 0 aliphatic rings. The first-order chi connectivity index (χ1) is 7.08. The van der Waals surface area contributed by atoms with E-state index >= 15 is 0 Å². The number of hydrogen-bond donors (Lipinski definition) is 0. The molecule has 0 saturated carbocycles. The number of hydrogen-bond acceptors (Lipinski definition) is 5. The summed E-state index contributed by atoms with van der Waals surface area (Å²) in [6, 6.07) is 0. The number of carbonyl (C=O) groups is 2. The molecule has 4 nitrogen and oxygen atoms in total. The fourth-order valence-corrected chi connectivity index (χ4v) is 1.18. The monoisotopic (exact) mass is 340 g/mol. The maximum absolute atomic E-state index is 10.5. The molecule has 0 unspecified atom stereocenters. The predicted octanol–water partition coefficient (Wildman–Crippen LogP) is 3.09. The maximum atomic E-state index is 10.5. The Morgan fingerprint density at radius 2 is 1.81 bits per heavy atom. The third-order valence-corrected chi connectivity index (χ3v) is 2.62. The average molecular weight is 340 g/mol. The minimum Gasteiger partial charge on any atom is -0.668 e. The van der Waals surface area contributed by atoms with Gasteiger partial charge in [-0.25, -0.2) is 0 Å². The summed E-state index contributed by atoms with van der Waals surface area (Å²) in [5.74, 6) is 0.194. The van der Waals surface area contributed by atoms with E-state index in [1.54, 1.807) is 24.6 Å². The molecule has 93 valence electrons. The van der Waals surface area contributed by atoms with Crippen LogP contribution >= 0.6 is 21.6 Å². The molecule has 0 saturated heterocycles. The largest absolute Gasteiger partial charge is 0.668 e. The standard InChI is InChI=1S/C6H11O2S2.C3H7NO.Y/c1-3-6(7)8-4-5-10-9-2;1-2-3(4)5;/h2-5H2,1H3;2H2,1H3,(H2,4,5);/q-1;;/p-1. The van der Waals surface area contributed by atoms with E-state index in [0.29, 0.717) is 19.4 Å². The van der Waals surface area contributed by atoms with Crippen LogP contribution in [0.2, 0.25) is 0 Å². The third kappa shape index (κ3) is 24.1. The fourth-order valence-electron chi connectivity index (χ4n) is 0.351. The van der Waals surface area contributed by atoms with Crippen molar-refractivity contribution in [1.82, 2.24) is 0 Å². The van der Waals surface area contributed by atoms with Crippen LogP contribution in [0.1, 0.15) is 26.7 Å². The SMILES string of the molecule is CCC([NH-])=O.[CH2-]SSCCOC(=O)CC.[Y]. The van der Waals surface area contributed by atoms with Crippen LogP contribution in [0.5, 0.6) is 0 Å². The second kappa shape index (κ2) is 18.1. The molecule has 0 heterocycles. The molecule has 1 amide bonds. The Hall–Kier alpha value is 0.744. The summed E-state index contributed by atoms with van der Waals surface area (Å²) >= 11 is 0. The van der Waals surface area contributed by atoms with E-state index in [0.717, 1.165) is 5.75 Å². The average Bonchev–Trinajstić information content (AvgIpc) is 2.24. The van der Waals surface area contributed by atoms with Gasteiger partial charge in [-0.05, 0) is 6.42 Å². The molecule has 1 radical (unpaired) electrons. The zero-order valence-electron chi connectivity index (χ0n) is 9.65. The summed E-state index contributed by atoms with van der Waals surface area (Å²) in [6.07, 6.45) is 4.36. The Morgan fingerprint density at radius 3 is 2.12 bits per heavy atom. The number of ether oxygens (including phenoxy) is 1. The van der Waals surface area contributed by atoms with E-state index in [9.17, 15) is 9.59 Å². The first kappa shape index (κ1) is 22.0. The Kier molecular flexibility index (Phi) is 24.9. The minimum atomic E-state index is -0.495. The van der Waals surface area contributed by atoms with E-state index < -0.39 is 5.91 Å². The number of carbonyl (C=O) groups excluding carboxylic acids is 2. The summed E-state index contributed by atoms with van der Waals surface area (Å²) in [4.78, 5) is 20.0. The van der Waals surface area contributed by atoms with Crippen LogP contribution in [-0.4, -0.2) is 24.2 Å². The Morgan fingerprint density at radius 1 is 1.31 bits per heavy atom. The third-order valence-electron chi connectivity index (χ3n) is 1.12. The summed E-state index contributed by atoms with van der Waals surface area (Å²) in [6.45, 7) is 3.95. The Balaban J connectivity index is -0.000000242. The summed E-state index contributed by atoms with van der Waals surface area (Å²) < 4.78 is 4.79. The predicted molar refractivity (Wildman–Crippen MR) is 66.3 cm³/mol. The van der Waals surface area contributed by atoms with Gasteiger partial charge >= 0.3 is 5.97 Å². The van der Waals surface area contributed by atoms with Crippen LogP contribution in [-0.2, 0) is 47.0 Å². The van der Waals surface area contributed by atoms with E-state index in [1.807, 2.05) is 0 Å². The zero-order chi connectivity index (χ0) is 12.1. The van der Waals surface area contributed by atoms with E-state index in [4.69, 9.17) is 10.5 Å². The van der Waals surface area contributed by atoms with E-state index in [2.05, 4.69) is 6.26 Å². The van der Waals surface area contributed by atoms with Crippen LogP contribution in [0, 0.1) is 6.26 Å². The topological polar surface area (TPSA) is 67.2 Å². The second-order valence-corrected chi connectivity index (χ2v) is 4.58. The van der Waals surface area contributed by atoms with Gasteiger partial charge in [0.05, 0.1) is 0 Å². The molecule has 0 spiro atoms. The molecule has 0 bridgehead atoms. The maximum Gasteiger partial charge on any atom is 0.305 e. The van der Waals surface area contributed by atoms with Gasteiger partial charge < -0.3 is 15.3 Å². The molecule has 1 N–H and O–H groups in total. The Bertz CT molecular complexity index is 182. The first-order valence-corrected chi connectivity index (χ1v) is 7.00. The summed E-state index contributed by atoms with van der Waals surface area (Å²) in [5.41, 5.74) is 6.19. The quantitative estimate of drug-likeness (QED) is 0.322. The molecular formula is C9H17NO3S2Y-2. The van der Waals surface area contributed by atoms with Crippen molar-refractivity contribution in [2.75, 3.05) is 12.4 Å². The molecule has 0 aromatic carbocycles. The molecule has 7 heteroatoms. The molecule has 0 fully saturated rings. The van der Waals surface area contributed by atoms with Gasteiger partial charge in [-0.1, -0.05) is 13.8 Å². The molecule has 0 aromatic rings. The fraction of sp³-hybridized carbons (Fsp3) is 0.667. The normalized spacial score (nSPS) is 8.19. The van der Waals surface area contributed by atoms with Crippen molar-refractivity contribution in [2.24, 2.45) is 0 Å². The molecule has 0 atom stereocenters. The second-order valence-electron chi connectivity index (χ2n) is 2.29. The van der Waals surface area contributed by atoms with Crippen LogP contribution in [0.25, 0.3) is 5.73 Å². The first-order valence-electron chi connectivity index (χ1n) is 4.52. The summed E-state index contributed by atoms with van der Waals surface area (Å²) in [5, 5.41) is 0. The van der Waals surface area contributed by atoms with Gasteiger partial charge in [-0.3, -0.25) is 21.8 Å². The Labute approximate surface area is 130 Å². The number of rotatable bonds is 6. The van der Waals surface area contributed by atoms with Crippen molar-refractivity contribution < 1.29 is 47.0 Å². The van der Waals surface area contributed by atoms with Gasteiger partial charge in [-0.2, -0.15) is 0 Å². The van der Waals surface area contributed by atoms with Gasteiger partial charge in [0, 0.05) is 50.8 Å². The van der Waals surface area contributed by atoms with Crippen molar-refractivity contribution >= 4 is 33.5 Å². The van der Waals surface area contributed by atoms with E-state index in [-0.39, 0.29) is 38.7 Å². The van der Waals surface area contributed by atoms with Gasteiger partial charge in [0.25, 0.3) is 0 Å². The molecule has 16 heavy (non-hydrogen) atoms.